The molecule has 8 heteroatoms. The molecular formula is C104H108N8+4. The molecule has 0 atom stereocenters. The molecule has 20 aromatic rings. The lowest BCUT2D eigenvalue weighted by Gasteiger charge is -2.06. The second-order valence-corrected chi connectivity index (χ2v) is 30.0. The van der Waals surface area contributed by atoms with Gasteiger partial charge in [0.25, 0.3) is 0 Å². The van der Waals surface area contributed by atoms with E-state index in [1.807, 2.05) is 40.1 Å². The Balaban J connectivity index is 0.000000135. The first-order valence-electron chi connectivity index (χ1n) is 40.1. The largest absolute Gasteiger partial charge is 0.339 e. The van der Waals surface area contributed by atoms with Crippen molar-refractivity contribution in [2.45, 2.75) is 85.0 Å². The number of aromatic nitrogens is 8. The van der Waals surface area contributed by atoms with Crippen molar-refractivity contribution in [1.29, 1.82) is 0 Å². The van der Waals surface area contributed by atoms with E-state index in [0.29, 0.717) is 11.1 Å². The summed E-state index contributed by atoms with van der Waals surface area (Å²) in [6.07, 6.45) is 8.84. The smallest absolute Gasteiger partial charge is 0.213 e. The number of nitrogens with zero attached hydrogens (tertiary/aromatic N) is 8. The van der Waals surface area contributed by atoms with Crippen LogP contribution in [0.2, 0.25) is 0 Å². The average molecular weight is 1480 g/mol. The van der Waals surface area contributed by atoms with Crippen LogP contribution in [0.25, 0.3) is 175 Å². The Morgan fingerprint density at radius 2 is 0.536 bits per heavy atom. The number of aryl methyl sites for hydroxylation is 16. The number of fused-ring (bicyclic) bond motifs is 17. The van der Waals surface area contributed by atoms with Crippen molar-refractivity contribution in [1.82, 2.24) is 18.3 Å². The Kier molecular flexibility index (Phi) is 19.0. The number of hydrogen-bond acceptors (Lipinski definition) is 0. The fourth-order valence-electron chi connectivity index (χ4n) is 17.1. The van der Waals surface area contributed by atoms with Crippen molar-refractivity contribution in [3.05, 3.63) is 312 Å². The molecule has 0 unspecified atom stereocenters. The fourth-order valence-corrected chi connectivity index (χ4v) is 17.1. The molecule has 8 aromatic heterocycles. The first-order chi connectivity index (χ1) is 54.5. The quantitative estimate of drug-likeness (QED) is 0.157. The molecule has 12 aromatic carbocycles. The van der Waals surface area contributed by atoms with Gasteiger partial charge in [0, 0.05) is 148 Å². The molecule has 0 amide bonds. The summed E-state index contributed by atoms with van der Waals surface area (Å²) in [5.74, 6) is 0. The Hall–Kier alpha value is -12.5. The van der Waals surface area contributed by atoms with E-state index in [0.717, 1.165) is 33.6 Å². The zero-order chi connectivity index (χ0) is 79.8. The zero-order valence-electron chi connectivity index (χ0n) is 70.0. The molecular weight excluding hydrogens is 1360 g/mol. The van der Waals surface area contributed by atoms with Gasteiger partial charge in [-0.25, -0.2) is 0 Å². The lowest BCUT2D eigenvalue weighted by molar-refractivity contribution is -0.659. The minimum absolute atomic E-state index is 0. The van der Waals surface area contributed by atoms with Crippen LogP contribution in [-0.2, 0) is 56.4 Å². The van der Waals surface area contributed by atoms with E-state index >= 15 is 0 Å². The van der Waals surface area contributed by atoms with Crippen molar-refractivity contribution in [2.75, 3.05) is 0 Å². The van der Waals surface area contributed by atoms with Crippen LogP contribution in [0.15, 0.2) is 267 Å². The molecule has 560 valence electrons. The van der Waals surface area contributed by atoms with Gasteiger partial charge in [-0.15, -0.1) is 0 Å². The summed E-state index contributed by atoms with van der Waals surface area (Å²) in [6, 6.07) is 85.8. The van der Waals surface area contributed by atoms with Crippen molar-refractivity contribution >= 4 is 130 Å². The van der Waals surface area contributed by atoms with E-state index in [1.165, 1.54) is 175 Å². The highest BCUT2D eigenvalue weighted by Gasteiger charge is 2.25. The van der Waals surface area contributed by atoms with Crippen molar-refractivity contribution < 1.29 is 26.5 Å². The van der Waals surface area contributed by atoms with E-state index in [1.54, 1.807) is 24.3 Å². The highest BCUT2D eigenvalue weighted by molar-refractivity contribution is 6.21. The van der Waals surface area contributed by atoms with Crippen LogP contribution >= 0.6 is 0 Å². The summed E-state index contributed by atoms with van der Waals surface area (Å²) < 4.78 is 64.0. The van der Waals surface area contributed by atoms with Crippen LogP contribution in [0.3, 0.4) is 0 Å². The Morgan fingerprint density at radius 3 is 0.964 bits per heavy atom. The Bertz CT molecular complexity index is 7390. The minimum atomic E-state index is -2.09. The summed E-state index contributed by atoms with van der Waals surface area (Å²) in [4.78, 5) is 0. The van der Waals surface area contributed by atoms with Crippen molar-refractivity contribution in [3.8, 4) is 45.0 Å². The Morgan fingerprint density at radius 1 is 0.232 bits per heavy atom. The van der Waals surface area contributed by atoms with Crippen molar-refractivity contribution in [3.63, 3.8) is 0 Å². The van der Waals surface area contributed by atoms with Gasteiger partial charge < -0.3 is 18.3 Å². The number of hydrogen-bond donors (Lipinski definition) is 0. The van der Waals surface area contributed by atoms with Gasteiger partial charge in [0.15, 0.2) is 24.8 Å². The molecule has 112 heavy (non-hydrogen) atoms. The fraction of sp³-hybridized carbons (Fsp3) is 0.192. The van der Waals surface area contributed by atoms with E-state index in [4.69, 9.17) is 8.22 Å². The standard InChI is InChI=1S/C26H25N2.2C25H23N2.C24H21N2.4CH4/c1-16-7-9-21(18(3)10-16)24-14-23-22-12-19-8-6-17(2)11-20(19)13-25(22)28(5)26(23)15-27(24)4;1-16-9-11-19(17(2)13-16)23-14-21-24(15-26(23)3)27(4)22-12-10-18-7-5-6-8-20(18)25(21)22;1-16-9-10-20(17(2)11-16)23-14-22-21-12-18-7-5-6-8-19(18)13-24(21)27(4)25(22)15-26(23)3;1-16-8-4-7-11-19(16)22-14-21-20-12-17-9-5-6-10-18(17)13-23(20)26(3)24(21)15-25(22)2;;;;/h6-15H,1-5H3;2*5-15H,1-4H3;4-15H,1-3H3;4*1H4/q4*+1;;;;/i2*1D3;;;;;;. The predicted octanol–water partition coefficient (Wildman–Crippen LogP) is 24.9. The van der Waals surface area contributed by atoms with Gasteiger partial charge in [-0.3, -0.25) is 0 Å². The number of rotatable bonds is 4. The molecule has 0 radical (unpaired) electrons. The third-order valence-electron chi connectivity index (χ3n) is 22.9. The zero-order valence-corrected chi connectivity index (χ0v) is 64.0. The maximum atomic E-state index is 7.69. The highest BCUT2D eigenvalue weighted by atomic mass is 15.0. The lowest BCUT2D eigenvalue weighted by Crippen LogP contribution is -2.30. The molecule has 20 rings (SSSR count). The SMILES string of the molecule is C.C.C.C.Cc1ccc(-c2cc3c4cc5ccccc5cc4n(C)c3c[n+]2C)c(C)c1.Cc1ccccc1-c1cc2c3cc4ccccc4cc3n(C)c2c[n+]1C.[2H]C([2H])([2H])c1ccc(-c2cc3c4c5ccccc5ccc4n(C)c3c[n+]2C)c(C)c1.[2H]C([2H])([2H])c1ccc(-c2cc3c4cc5ccc(C)cc5cc4n(C)c3c[n+]2C)c(C)c1. The molecule has 0 aliphatic heterocycles. The molecule has 0 spiro atoms. The van der Waals surface area contributed by atoms with E-state index < -0.39 is 13.7 Å². The molecule has 0 N–H and O–H groups in total. The van der Waals surface area contributed by atoms with Gasteiger partial charge in [0.1, 0.15) is 50.3 Å². The summed E-state index contributed by atoms with van der Waals surface area (Å²) in [5.41, 5.74) is 27.0. The van der Waals surface area contributed by atoms with Crippen molar-refractivity contribution in [2.24, 2.45) is 56.4 Å². The molecule has 0 aliphatic carbocycles. The van der Waals surface area contributed by atoms with Gasteiger partial charge in [-0.2, -0.15) is 18.3 Å². The molecule has 8 heterocycles. The summed E-state index contributed by atoms with van der Waals surface area (Å²) in [7, 11) is 16.9. The van der Waals surface area contributed by atoms with E-state index in [-0.39, 0.29) is 29.7 Å². The predicted molar refractivity (Wildman–Crippen MR) is 483 cm³/mol. The van der Waals surface area contributed by atoms with Gasteiger partial charge in [-0.1, -0.05) is 204 Å². The highest BCUT2D eigenvalue weighted by Crippen LogP contribution is 2.40. The molecule has 0 saturated heterocycles. The van der Waals surface area contributed by atoms with E-state index in [9.17, 15) is 0 Å². The molecule has 0 fully saturated rings. The third kappa shape index (κ3) is 13.4. The summed E-state index contributed by atoms with van der Waals surface area (Å²) in [6.45, 7) is 8.42. The number of benzene rings is 12. The normalized spacial score (nSPS) is 12.3. The topological polar surface area (TPSA) is 35.2 Å². The van der Waals surface area contributed by atoms with E-state index in [2.05, 4.69) is 338 Å². The minimum Gasteiger partial charge on any atom is -0.339 e. The van der Waals surface area contributed by atoms with Gasteiger partial charge in [-0.05, 0) is 187 Å². The molecule has 0 saturated carbocycles. The monoisotopic (exact) mass is 1470 g/mol. The van der Waals surface area contributed by atoms with Crippen LogP contribution in [0.4, 0.5) is 0 Å². The maximum absolute atomic E-state index is 7.69. The molecule has 8 nitrogen and oxygen atoms in total. The molecule has 0 aliphatic rings. The number of pyridine rings is 4. The summed E-state index contributed by atoms with van der Waals surface area (Å²) >= 11 is 0. The summed E-state index contributed by atoms with van der Waals surface area (Å²) in [5, 5.41) is 20.3. The van der Waals surface area contributed by atoms with Crippen LogP contribution in [-0.4, -0.2) is 18.3 Å². The van der Waals surface area contributed by atoms with Crippen LogP contribution < -0.4 is 18.3 Å². The third-order valence-corrected chi connectivity index (χ3v) is 22.9. The van der Waals surface area contributed by atoms with Gasteiger partial charge in [0.2, 0.25) is 22.8 Å². The van der Waals surface area contributed by atoms with Crippen LogP contribution in [0, 0.1) is 55.2 Å². The van der Waals surface area contributed by atoms with Gasteiger partial charge >= 0.3 is 0 Å². The lowest BCUT2D eigenvalue weighted by atomic mass is 10.00. The average Bonchev–Trinajstić information content (AvgIpc) is 1.57. The molecule has 0 bridgehead atoms. The Labute approximate surface area is 669 Å². The van der Waals surface area contributed by atoms with Gasteiger partial charge in [0.05, 0.1) is 0 Å². The maximum Gasteiger partial charge on any atom is 0.213 e. The second-order valence-electron chi connectivity index (χ2n) is 30.0. The van der Waals surface area contributed by atoms with Crippen LogP contribution in [0.1, 0.15) is 82.4 Å². The first kappa shape index (κ1) is 69.9. The first-order valence-corrected chi connectivity index (χ1v) is 37.1. The van der Waals surface area contributed by atoms with Crippen LogP contribution in [0.5, 0.6) is 0 Å². The second kappa shape index (κ2) is 30.4.